The molecule has 1 unspecified atom stereocenters. The molecule has 1 fully saturated rings. The van der Waals surface area contributed by atoms with Crippen molar-refractivity contribution < 1.29 is 14.3 Å². The molecule has 23 heavy (non-hydrogen) atoms. The Hall–Kier alpha value is -2.28. The second-order valence-corrected chi connectivity index (χ2v) is 6.02. The van der Waals surface area contributed by atoms with Gasteiger partial charge >= 0.3 is 0 Å². The third-order valence-corrected chi connectivity index (χ3v) is 4.45. The van der Waals surface area contributed by atoms with E-state index in [4.69, 9.17) is 21.1 Å². The van der Waals surface area contributed by atoms with E-state index in [0.29, 0.717) is 28.6 Å². The average molecular weight is 335 g/mol. The number of ether oxygens (including phenoxy) is 2. The Morgan fingerprint density at radius 1 is 1.35 bits per heavy atom. The van der Waals surface area contributed by atoms with Crippen molar-refractivity contribution in [2.45, 2.75) is 18.9 Å². The van der Waals surface area contributed by atoms with Crippen molar-refractivity contribution >= 4 is 17.5 Å². The van der Waals surface area contributed by atoms with Crippen molar-refractivity contribution in [2.24, 2.45) is 0 Å². The molecule has 1 atom stereocenters. The Bertz CT molecular complexity index is 735. The van der Waals surface area contributed by atoms with Crippen LogP contribution in [-0.2, 0) is 0 Å². The highest BCUT2D eigenvalue weighted by molar-refractivity contribution is 6.32. The number of piperidine rings is 1. The van der Waals surface area contributed by atoms with E-state index in [0.717, 1.165) is 19.4 Å². The van der Waals surface area contributed by atoms with E-state index in [9.17, 15) is 4.79 Å². The molecule has 0 aliphatic carbocycles. The van der Waals surface area contributed by atoms with Crippen LogP contribution < -0.4 is 9.47 Å². The number of aromatic nitrogens is 3. The van der Waals surface area contributed by atoms with Crippen molar-refractivity contribution in [2.75, 3.05) is 19.9 Å². The Labute approximate surface area is 137 Å². The summed E-state index contributed by atoms with van der Waals surface area (Å²) in [5.41, 5.74) is 0.512. The number of fused-ring (bicyclic) bond motifs is 1. The molecular formula is C15H15ClN4O3. The lowest BCUT2D eigenvalue weighted by atomic mass is 10.0. The minimum atomic E-state index is -0.0602. The lowest BCUT2D eigenvalue weighted by Gasteiger charge is -2.32. The molecule has 1 saturated heterocycles. The highest BCUT2D eigenvalue weighted by Gasteiger charge is 2.28. The molecule has 7 nitrogen and oxygen atoms in total. The zero-order chi connectivity index (χ0) is 15.8. The Balaban J connectivity index is 1.56. The Morgan fingerprint density at radius 3 is 3.09 bits per heavy atom. The van der Waals surface area contributed by atoms with Crippen LogP contribution in [0.5, 0.6) is 11.5 Å². The fraction of sp³-hybridized carbons (Fsp3) is 0.400. The molecule has 2 aliphatic heterocycles. The topological polar surface area (TPSA) is 69.5 Å². The second kappa shape index (κ2) is 5.73. The minimum absolute atomic E-state index is 0.0602. The number of amides is 1. The number of carbonyl (C=O) groups excluding carboxylic acids is 1. The summed E-state index contributed by atoms with van der Waals surface area (Å²) in [4.78, 5) is 18.6. The number of hydrogen-bond donors (Lipinski definition) is 0. The summed E-state index contributed by atoms with van der Waals surface area (Å²) in [7, 11) is 0. The highest BCUT2D eigenvalue weighted by atomic mass is 35.5. The number of halogens is 1. The lowest BCUT2D eigenvalue weighted by molar-refractivity contribution is 0.0672. The molecule has 4 rings (SSSR count). The molecule has 120 valence electrons. The smallest absolute Gasteiger partial charge is 0.254 e. The lowest BCUT2D eigenvalue weighted by Crippen LogP contribution is -2.40. The van der Waals surface area contributed by atoms with Crippen LogP contribution in [0.2, 0.25) is 5.02 Å². The maximum absolute atomic E-state index is 12.8. The summed E-state index contributed by atoms with van der Waals surface area (Å²) in [6.07, 6.45) is 5.11. The highest BCUT2D eigenvalue weighted by Crippen LogP contribution is 2.40. The molecule has 0 bridgehead atoms. The van der Waals surface area contributed by atoms with E-state index in [1.807, 2.05) is 9.58 Å². The van der Waals surface area contributed by atoms with Gasteiger partial charge in [-0.2, -0.15) is 5.10 Å². The SMILES string of the molecule is O=C(c1cc(Cl)c2c(c1)OCO2)N1CCCC(n2cncn2)C1. The predicted molar refractivity (Wildman–Crippen MR) is 81.8 cm³/mol. The monoisotopic (exact) mass is 334 g/mol. The van der Waals surface area contributed by atoms with Gasteiger partial charge in [-0.05, 0) is 25.0 Å². The van der Waals surface area contributed by atoms with Crippen molar-refractivity contribution in [1.29, 1.82) is 0 Å². The summed E-state index contributed by atoms with van der Waals surface area (Å²) in [5.74, 6) is 0.961. The van der Waals surface area contributed by atoms with Crippen molar-refractivity contribution in [3.8, 4) is 11.5 Å². The van der Waals surface area contributed by atoms with E-state index in [-0.39, 0.29) is 18.7 Å². The van der Waals surface area contributed by atoms with Gasteiger partial charge in [-0.25, -0.2) is 9.67 Å². The van der Waals surface area contributed by atoms with Gasteiger partial charge in [-0.15, -0.1) is 0 Å². The maximum atomic E-state index is 12.8. The summed E-state index contributed by atoms with van der Waals surface area (Å²) in [6.45, 7) is 1.45. The van der Waals surface area contributed by atoms with E-state index in [1.165, 1.54) is 6.33 Å². The largest absolute Gasteiger partial charge is 0.454 e. The summed E-state index contributed by atoms with van der Waals surface area (Å²) in [5, 5.41) is 4.57. The maximum Gasteiger partial charge on any atom is 0.254 e. The Morgan fingerprint density at radius 2 is 2.26 bits per heavy atom. The second-order valence-electron chi connectivity index (χ2n) is 5.61. The number of carbonyl (C=O) groups is 1. The fourth-order valence-electron chi connectivity index (χ4n) is 3.03. The first-order valence-electron chi connectivity index (χ1n) is 7.45. The summed E-state index contributed by atoms with van der Waals surface area (Å²) in [6, 6.07) is 3.48. The van der Waals surface area contributed by atoms with Gasteiger partial charge in [0.25, 0.3) is 5.91 Å². The first kappa shape index (κ1) is 14.3. The van der Waals surface area contributed by atoms with E-state index in [1.54, 1.807) is 18.5 Å². The van der Waals surface area contributed by atoms with Crippen LogP contribution in [0.4, 0.5) is 0 Å². The number of hydrogen-bond acceptors (Lipinski definition) is 5. The van der Waals surface area contributed by atoms with Gasteiger partial charge in [-0.3, -0.25) is 4.79 Å². The van der Waals surface area contributed by atoms with E-state index >= 15 is 0 Å². The van der Waals surface area contributed by atoms with Crippen LogP contribution in [0, 0.1) is 0 Å². The first-order valence-corrected chi connectivity index (χ1v) is 7.82. The van der Waals surface area contributed by atoms with Crippen LogP contribution in [-0.4, -0.2) is 45.5 Å². The predicted octanol–water partition coefficient (Wildman–Crippen LogP) is 2.14. The third kappa shape index (κ3) is 2.61. The van der Waals surface area contributed by atoms with Gasteiger partial charge in [0.15, 0.2) is 11.5 Å². The quantitative estimate of drug-likeness (QED) is 0.841. The van der Waals surface area contributed by atoms with Gasteiger partial charge in [0.05, 0.1) is 11.1 Å². The van der Waals surface area contributed by atoms with Crippen LogP contribution >= 0.6 is 11.6 Å². The molecule has 2 aromatic rings. The van der Waals surface area contributed by atoms with Gasteiger partial charge in [0.1, 0.15) is 12.7 Å². The molecule has 2 aliphatic rings. The van der Waals surface area contributed by atoms with Crippen molar-refractivity contribution in [3.63, 3.8) is 0 Å². The molecule has 0 spiro atoms. The Kier molecular flexibility index (Phi) is 3.57. The molecule has 0 radical (unpaired) electrons. The van der Waals surface area contributed by atoms with E-state index < -0.39 is 0 Å². The van der Waals surface area contributed by atoms with Crippen LogP contribution in [0.15, 0.2) is 24.8 Å². The fourth-order valence-corrected chi connectivity index (χ4v) is 3.30. The molecule has 0 saturated carbocycles. The van der Waals surface area contributed by atoms with Gasteiger partial charge < -0.3 is 14.4 Å². The first-order chi connectivity index (χ1) is 11.2. The van der Waals surface area contributed by atoms with Crippen molar-refractivity contribution in [3.05, 3.63) is 35.4 Å². The number of likely N-dealkylation sites (tertiary alicyclic amines) is 1. The standard InChI is InChI=1S/C15H15ClN4O3/c16-12-4-10(5-13-14(12)23-9-22-13)15(21)19-3-1-2-11(6-19)20-8-17-7-18-20/h4-5,7-8,11H,1-3,6,9H2. The molecule has 3 heterocycles. The molecule has 0 N–H and O–H groups in total. The summed E-state index contributed by atoms with van der Waals surface area (Å²) >= 11 is 6.17. The minimum Gasteiger partial charge on any atom is -0.454 e. The van der Waals surface area contributed by atoms with E-state index in [2.05, 4.69) is 10.1 Å². The van der Waals surface area contributed by atoms with Crippen molar-refractivity contribution in [1.82, 2.24) is 19.7 Å². The molecule has 1 aromatic heterocycles. The zero-order valence-corrected chi connectivity index (χ0v) is 13.1. The van der Waals surface area contributed by atoms with Crippen LogP contribution in [0.3, 0.4) is 0 Å². The molecule has 1 aromatic carbocycles. The van der Waals surface area contributed by atoms with Crippen LogP contribution in [0.25, 0.3) is 0 Å². The average Bonchev–Trinajstić information content (AvgIpc) is 3.25. The molecule has 8 heteroatoms. The number of nitrogens with zero attached hydrogens (tertiary/aromatic N) is 4. The van der Waals surface area contributed by atoms with Crippen LogP contribution in [0.1, 0.15) is 29.2 Å². The third-order valence-electron chi connectivity index (χ3n) is 4.17. The van der Waals surface area contributed by atoms with Gasteiger partial charge in [0.2, 0.25) is 6.79 Å². The molecule has 1 amide bonds. The molecular weight excluding hydrogens is 320 g/mol. The number of rotatable bonds is 2. The normalized spacial score (nSPS) is 19.9. The van der Waals surface area contributed by atoms with Gasteiger partial charge in [0, 0.05) is 18.7 Å². The van der Waals surface area contributed by atoms with Gasteiger partial charge in [-0.1, -0.05) is 11.6 Å². The number of benzene rings is 1. The zero-order valence-electron chi connectivity index (χ0n) is 12.3. The summed E-state index contributed by atoms with van der Waals surface area (Å²) < 4.78 is 12.4.